The largest absolute Gasteiger partial charge is 0.488 e. The third kappa shape index (κ3) is 5.13. The van der Waals surface area contributed by atoms with Gasteiger partial charge in [-0.25, -0.2) is 4.98 Å². The van der Waals surface area contributed by atoms with Crippen LogP contribution in [0.5, 0.6) is 5.75 Å². The minimum Gasteiger partial charge on any atom is -0.488 e. The van der Waals surface area contributed by atoms with Crippen LogP contribution in [-0.2, 0) is 18.3 Å². The first-order valence-electron chi connectivity index (χ1n) is 10.5. The number of hydrogen-bond acceptors (Lipinski definition) is 5. The molecule has 5 nitrogen and oxygen atoms in total. The van der Waals surface area contributed by atoms with Crippen LogP contribution in [0, 0.1) is 0 Å². The first-order valence-corrected chi connectivity index (χ1v) is 10.5. The van der Waals surface area contributed by atoms with E-state index in [-0.39, 0.29) is 29.5 Å². The lowest BCUT2D eigenvalue weighted by molar-refractivity contribution is -0.139. The van der Waals surface area contributed by atoms with Crippen LogP contribution in [0.3, 0.4) is 0 Å². The molecule has 1 atom stereocenters. The molecular formula is C26H23F3N2O3. The van der Waals surface area contributed by atoms with Crippen LogP contribution in [0.15, 0.2) is 83.5 Å². The lowest BCUT2D eigenvalue weighted by atomic mass is 10.0. The molecular weight excluding hydrogens is 445 g/mol. The van der Waals surface area contributed by atoms with E-state index in [9.17, 15) is 18.3 Å². The predicted octanol–water partition coefficient (Wildman–Crippen LogP) is 5.77. The van der Waals surface area contributed by atoms with Gasteiger partial charge in [-0.3, -0.25) is 0 Å². The Kier molecular flexibility index (Phi) is 6.45. The number of hydrogen-bond donors (Lipinski definition) is 2. The molecule has 34 heavy (non-hydrogen) atoms. The summed E-state index contributed by atoms with van der Waals surface area (Å²) in [5, 5.41) is 9.35. The standard InChI is InChI=1S/C26H23F3N2O3/c1-25(30,16-32)24-31-22(15-34-24)20-11-12-23(21(13-20)26(27,28)29)33-14-17-7-9-19(10-8-17)18-5-3-2-4-6-18/h2-13,15,32H,14,16,30H2,1H3/t25-/m0/s1. The number of aromatic nitrogens is 1. The van der Waals surface area contributed by atoms with Gasteiger partial charge in [0, 0.05) is 5.56 Å². The SMILES string of the molecule is C[C@](N)(CO)c1nc(-c2ccc(OCc3ccc(-c4ccccc4)cc3)c(C(F)(F)F)c2)co1. The van der Waals surface area contributed by atoms with Crippen LogP contribution in [0.25, 0.3) is 22.4 Å². The fraction of sp³-hybridized carbons (Fsp3) is 0.192. The number of halogens is 3. The first-order chi connectivity index (χ1) is 16.2. The zero-order chi connectivity index (χ0) is 24.3. The van der Waals surface area contributed by atoms with Crippen molar-refractivity contribution in [2.24, 2.45) is 5.73 Å². The van der Waals surface area contributed by atoms with Crippen molar-refractivity contribution in [1.82, 2.24) is 4.98 Å². The van der Waals surface area contributed by atoms with Crippen molar-refractivity contribution < 1.29 is 27.4 Å². The summed E-state index contributed by atoms with van der Waals surface area (Å²) in [5.74, 6) is -0.260. The van der Waals surface area contributed by atoms with Crippen molar-refractivity contribution in [2.75, 3.05) is 6.61 Å². The third-order valence-corrected chi connectivity index (χ3v) is 5.36. The van der Waals surface area contributed by atoms with Gasteiger partial charge in [0.25, 0.3) is 0 Å². The fourth-order valence-corrected chi connectivity index (χ4v) is 3.36. The lowest BCUT2D eigenvalue weighted by Crippen LogP contribution is -2.37. The first kappa shape index (κ1) is 23.5. The van der Waals surface area contributed by atoms with E-state index in [1.54, 1.807) is 0 Å². The number of nitrogens with zero attached hydrogens (tertiary/aromatic N) is 1. The topological polar surface area (TPSA) is 81.5 Å². The molecule has 4 rings (SSSR count). The number of nitrogens with two attached hydrogens (primary N) is 1. The summed E-state index contributed by atoms with van der Waals surface area (Å²) in [7, 11) is 0. The fourth-order valence-electron chi connectivity index (χ4n) is 3.36. The Balaban J connectivity index is 1.54. The summed E-state index contributed by atoms with van der Waals surface area (Å²) in [5.41, 5.74) is 6.88. The van der Waals surface area contributed by atoms with Gasteiger partial charge in [0.2, 0.25) is 5.89 Å². The number of alkyl halides is 3. The van der Waals surface area contributed by atoms with E-state index in [1.807, 2.05) is 54.6 Å². The molecule has 0 spiro atoms. The van der Waals surface area contributed by atoms with Crippen molar-refractivity contribution in [1.29, 1.82) is 0 Å². The zero-order valence-corrected chi connectivity index (χ0v) is 18.3. The molecule has 0 amide bonds. The summed E-state index contributed by atoms with van der Waals surface area (Å²) in [6.45, 7) is 1.06. The Bertz CT molecular complexity index is 1250. The van der Waals surface area contributed by atoms with Crippen LogP contribution in [-0.4, -0.2) is 16.7 Å². The number of ether oxygens (including phenoxy) is 1. The van der Waals surface area contributed by atoms with Gasteiger partial charge >= 0.3 is 6.18 Å². The van der Waals surface area contributed by atoms with E-state index >= 15 is 0 Å². The van der Waals surface area contributed by atoms with Gasteiger partial charge in [0.15, 0.2) is 0 Å². The van der Waals surface area contributed by atoms with E-state index in [0.717, 1.165) is 22.8 Å². The smallest absolute Gasteiger partial charge is 0.419 e. The molecule has 8 heteroatoms. The maximum Gasteiger partial charge on any atom is 0.419 e. The van der Waals surface area contributed by atoms with Gasteiger partial charge in [-0.1, -0.05) is 54.6 Å². The maximum atomic E-state index is 13.8. The Morgan fingerprint density at radius 2 is 1.59 bits per heavy atom. The normalized spacial score (nSPS) is 13.5. The quantitative estimate of drug-likeness (QED) is 0.360. The van der Waals surface area contributed by atoms with E-state index in [0.29, 0.717) is 0 Å². The summed E-state index contributed by atoms with van der Waals surface area (Å²) in [4.78, 5) is 4.14. The van der Waals surface area contributed by atoms with Gasteiger partial charge < -0.3 is 20.0 Å². The van der Waals surface area contributed by atoms with Crippen LogP contribution in [0.2, 0.25) is 0 Å². The molecule has 0 saturated carbocycles. The average molecular weight is 468 g/mol. The highest BCUT2D eigenvalue weighted by molar-refractivity contribution is 5.64. The van der Waals surface area contributed by atoms with Crippen LogP contribution in [0.4, 0.5) is 13.2 Å². The van der Waals surface area contributed by atoms with Gasteiger partial charge in [-0.15, -0.1) is 0 Å². The number of aliphatic hydroxyl groups is 1. The molecule has 3 N–H and O–H groups in total. The van der Waals surface area contributed by atoms with Crippen LogP contribution in [0.1, 0.15) is 23.9 Å². The molecule has 0 radical (unpaired) electrons. The highest BCUT2D eigenvalue weighted by Crippen LogP contribution is 2.39. The Morgan fingerprint density at radius 1 is 0.941 bits per heavy atom. The van der Waals surface area contributed by atoms with Crippen molar-refractivity contribution in [3.8, 4) is 28.1 Å². The van der Waals surface area contributed by atoms with Crippen molar-refractivity contribution >= 4 is 0 Å². The molecule has 0 aliphatic rings. The molecule has 3 aromatic carbocycles. The number of aliphatic hydroxyl groups excluding tert-OH is 1. The summed E-state index contributed by atoms with van der Waals surface area (Å²) in [6, 6.07) is 20.9. The highest BCUT2D eigenvalue weighted by Gasteiger charge is 2.35. The predicted molar refractivity (Wildman–Crippen MR) is 122 cm³/mol. The second kappa shape index (κ2) is 9.32. The molecule has 0 bridgehead atoms. The molecule has 0 saturated heterocycles. The molecule has 0 unspecified atom stereocenters. The molecule has 1 aromatic heterocycles. The lowest BCUT2D eigenvalue weighted by Gasteiger charge is -2.16. The van der Waals surface area contributed by atoms with Crippen molar-refractivity contribution in [3.63, 3.8) is 0 Å². The van der Waals surface area contributed by atoms with Crippen LogP contribution >= 0.6 is 0 Å². The van der Waals surface area contributed by atoms with E-state index in [4.69, 9.17) is 14.9 Å². The molecule has 0 aliphatic carbocycles. The van der Waals surface area contributed by atoms with Crippen molar-refractivity contribution in [2.45, 2.75) is 25.2 Å². The van der Waals surface area contributed by atoms with Gasteiger partial charge in [0.05, 0.1) is 12.2 Å². The molecule has 4 aromatic rings. The number of oxazole rings is 1. The monoisotopic (exact) mass is 468 g/mol. The van der Waals surface area contributed by atoms with Crippen LogP contribution < -0.4 is 10.5 Å². The van der Waals surface area contributed by atoms with Crippen molar-refractivity contribution in [3.05, 3.63) is 96.1 Å². The second-order valence-electron chi connectivity index (χ2n) is 8.17. The summed E-state index contributed by atoms with van der Waals surface area (Å²) >= 11 is 0. The van der Waals surface area contributed by atoms with E-state index in [1.165, 1.54) is 25.3 Å². The summed E-state index contributed by atoms with van der Waals surface area (Å²) < 4.78 is 52.2. The van der Waals surface area contributed by atoms with Gasteiger partial charge in [0.1, 0.15) is 29.9 Å². The van der Waals surface area contributed by atoms with Gasteiger partial charge in [-0.2, -0.15) is 13.2 Å². The minimum absolute atomic E-state index is 0.0202. The Hall–Kier alpha value is -3.62. The third-order valence-electron chi connectivity index (χ3n) is 5.36. The summed E-state index contributed by atoms with van der Waals surface area (Å²) in [6.07, 6.45) is -3.43. The second-order valence-corrected chi connectivity index (χ2v) is 8.17. The molecule has 0 fully saturated rings. The van der Waals surface area contributed by atoms with E-state index in [2.05, 4.69) is 4.98 Å². The maximum absolute atomic E-state index is 13.8. The average Bonchev–Trinajstić information content (AvgIpc) is 3.34. The molecule has 1 heterocycles. The van der Waals surface area contributed by atoms with Gasteiger partial charge in [-0.05, 0) is 41.8 Å². The Labute approximate surface area is 194 Å². The molecule has 0 aliphatic heterocycles. The zero-order valence-electron chi connectivity index (χ0n) is 18.3. The molecule has 176 valence electrons. The number of rotatable bonds is 7. The minimum atomic E-state index is -4.64. The highest BCUT2D eigenvalue weighted by atomic mass is 19.4. The Morgan fingerprint density at radius 3 is 2.24 bits per heavy atom. The van der Waals surface area contributed by atoms with E-state index < -0.39 is 23.9 Å². The number of benzene rings is 3.